The van der Waals surface area contributed by atoms with Crippen LogP contribution in [0.1, 0.15) is 57.8 Å². The van der Waals surface area contributed by atoms with Gasteiger partial charge < -0.3 is 25.0 Å². The molecule has 2 rings (SSSR count). The molecule has 0 bridgehead atoms. The molecule has 8 heteroatoms. The highest BCUT2D eigenvalue weighted by atomic mass is 127. The molecule has 1 saturated carbocycles. The first kappa shape index (κ1) is 25.4. The van der Waals surface area contributed by atoms with Crippen molar-refractivity contribution in [1.29, 1.82) is 0 Å². The quantitative estimate of drug-likeness (QED) is 0.155. The number of likely N-dealkylation sites (tertiary alicyclic amines) is 1. The summed E-state index contributed by atoms with van der Waals surface area (Å²) in [5, 5.41) is 6.83. The van der Waals surface area contributed by atoms with E-state index in [1.165, 1.54) is 12.8 Å². The van der Waals surface area contributed by atoms with Crippen LogP contribution in [0.25, 0.3) is 0 Å². The molecule has 1 heterocycles. The van der Waals surface area contributed by atoms with E-state index in [0.29, 0.717) is 12.5 Å². The fraction of sp³-hybridized carbons (Fsp3) is 0.900. The maximum atomic E-state index is 11.8. The minimum absolute atomic E-state index is 0. The molecule has 28 heavy (non-hydrogen) atoms. The Morgan fingerprint density at radius 2 is 1.86 bits per heavy atom. The number of hydrogen-bond donors (Lipinski definition) is 2. The number of guanidine groups is 1. The molecule has 0 unspecified atom stereocenters. The van der Waals surface area contributed by atoms with Gasteiger partial charge in [0.1, 0.15) is 6.10 Å². The molecule has 164 valence electrons. The van der Waals surface area contributed by atoms with E-state index in [0.717, 1.165) is 77.3 Å². The number of nitrogens with one attached hydrogen (secondary N) is 2. The number of ether oxygens (including phenoxy) is 2. The molecule has 0 aromatic heterocycles. The van der Waals surface area contributed by atoms with Crippen molar-refractivity contribution in [1.82, 2.24) is 15.5 Å². The second-order valence-electron chi connectivity index (χ2n) is 7.61. The van der Waals surface area contributed by atoms with Crippen LogP contribution in [0, 0.1) is 0 Å². The summed E-state index contributed by atoms with van der Waals surface area (Å²) in [7, 11) is 3.55. The Labute approximate surface area is 187 Å². The fourth-order valence-electron chi connectivity index (χ4n) is 3.81. The average Bonchev–Trinajstić information content (AvgIpc) is 3.18. The third-order valence-corrected chi connectivity index (χ3v) is 5.43. The summed E-state index contributed by atoms with van der Waals surface area (Å²) in [6, 6.07) is 0.460. The van der Waals surface area contributed by atoms with Crippen molar-refractivity contribution in [2.24, 2.45) is 4.99 Å². The van der Waals surface area contributed by atoms with Crippen LogP contribution in [0.3, 0.4) is 0 Å². The average molecular weight is 510 g/mol. The molecule has 0 amide bonds. The number of esters is 1. The number of piperidine rings is 1. The summed E-state index contributed by atoms with van der Waals surface area (Å²) in [5.41, 5.74) is 0. The van der Waals surface area contributed by atoms with Gasteiger partial charge in [0.25, 0.3) is 0 Å². The number of carbonyl (C=O) groups is 1. The van der Waals surface area contributed by atoms with Crippen molar-refractivity contribution in [2.75, 3.05) is 46.9 Å². The predicted octanol–water partition coefficient (Wildman–Crippen LogP) is 2.54. The Bertz CT molecular complexity index is 451. The minimum atomic E-state index is -0.0625. The van der Waals surface area contributed by atoms with E-state index in [-0.39, 0.29) is 36.0 Å². The standard InChI is InChI=1S/C20H38N4O3.HI/c1-21-20(22-12-5-9-19(25)27-18-7-3-4-8-18)23-17-10-14-24(15-11-17)13-6-16-26-2;/h17-18H,3-16H2,1-2H3,(H2,21,22,23);1H. The molecule has 7 nitrogen and oxygen atoms in total. The molecule has 0 radical (unpaired) electrons. The van der Waals surface area contributed by atoms with Gasteiger partial charge in [-0.3, -0.25) is 9.79 Å². The van der Waals surface area contributed by atoms with Gasteiger partial charge >= 0.3 is 5.97 Å². The van der Waals surface area contributed by atoms with Gasteiger partial charge in [-0.2, -0.15) is 0 Å². The molecule has 1 aliphatic heterocycles. The molecule has 0 aromatic rings. The maximum absolute atomic E-state index is 11.8. The first-order valence-corrected chi connectivity index (χ1v) is 10.6. The number of rotatable bonds is 10. The lowest BCUT2D eigenvalue weighted by Gasteiger charge is -2.33. The molecular weight excluding hydrogens is 471 g/mol. The first-order chi connectivity index (χ1) is 13.2. The Kier molecular flexibility index (Phi) is 13.9. The summed E-state index contributed by atoms with van der Waals surface area (Å²) >= 11 is 0. The van der Waals surface area contributed by atoms with E-state index < -0.39 is 0 Å². The van der Waals surface area contributed by atoms with Gasteiger partial charge in [0, 0.05) is 59.4 Å². The van der Waals surface area contributed by atoms with E-state index in [4.69, 9.17) is 9.47 Å². The number of carbonyl (C=O) groups excluding carboxylic acids is 1. The van der Waals surface area contributed by atoms with Gasteiger partial charge in [-0.05, 0) is 51.4 Å². The smallest absolute Gasteiger partial charge is 0.306 e. The summed E-state index contributed by atoms with van der Waals surface area (Å²) in [6.07, 6.45) is 9.20. The van der Waals surface area contributed by atoms with Crippen LogP contribution in [0.15, 0.2) is 4.99 Å². The monoisotopic (exact) mass is 510 g/mol. The number of halogens is 1. The molecule has 0 atom stereocenters. The highest BCUT2D eigenvalue weighted by molar-refractivity contribution is 14.0. The lowest BCUT2D eigenvalue weighted by molar-refractivity contribution is -0.148. The van der Waals surface area contributed by atoms with Crippen molar-refractivity contribution in [2.45, 2.75) is 69.9 Å². The number of nitrogens with zero attached hydrogens (tertiary/aromatic N) is 2. The molecule has 2 N–H and O–H groups in total. The number of hydrogen-bond acceptors (Lipinski definition) is 5. The third-order valence-electron chi connectivity index (χ3n) is 5.43. The van der Waals surface area contributed by atoms with E-state index in [1.54, 1.807) is 14.2 Å². The van der Waals surface area contributed by atoms with Crippen LogP contribution in [-0.2, 0) is 14.3 Å². The molecule has 0 spiro atoms. The van der Waals surface area contributed by atoms with Crippen LogP contribution >= 0.6 is 24.0 Å². The predicted molar refractivity (Wildman–Crippen MR) is 123 cm³/mol. The zero-order valence-electron chi connectivity index (χ0n) is 17.6. The highest BCUT2D eigenvalue weighted by Crippen LogP contribution is 2.21. The van der Waals surface area contributed by atoms with E-state index in [9.17, 15) is 4.79 Å². The lowest BCUT2D eigenvalue weighted by Crippen LogP contribution is -2.49. The molecule has 1 aliphatic carbocycles. The van der Waals surface area contributed by atoms with E-state index in [1.807, 2.05) is 0 Å². The Morgan fingerprint density at radius 3 is 2.50 bits per heavy atom. The normalized spacial score (nSPS) is 19.3. The van der Waals surface area contributed by atoms with Crippen LogP contribution < -0.4 is 10.6 Å². The SMILES string of the molecule is CN=C(NCCCC(=O)OC1CCCC1)NC1CCN(CCCOC)CC1.I. The first-order valence-electron chi connectivity index (χ1n) is 10.6. The molecule has 0 aromatic carbocycles. The Balaban J connectivity index is 0.00000392. The maximum Gasteiger partial charge on any atom is 0.306 e. The van der Waals surface area contributed by atoms with Gasteiger partial charge in [0.05, 0.1) is 0 Å². The summed E-state index contributed by atoms with van der Waals surface area (Å²) < 4.78 is 10.6. The summed E-state index contributed by atoms with van der Waals surface area (Å²) in [4.78, 5) is 18.7. The van der Waals surface area contributed by atoms with Crippen LogP contribution in [-0.4, -0.2) is 75.9 Å². The largest absolute Gasteiger partial charge is 0.462 e. The molecular formula is C20H39IN4O3. The van der Waals surface area contributed by atoms with Crippen LogP contribution in [0.5, 0.6) is 0 Å². The zero-order chi connectivity index (χ0) is 19.3. The van der Waals surface area contributed by atoms with Gasteiger partial charge in [-0.25, -0.2) is 0 Å². The van der Waals surface area contributed by atoms with Crippen molar-refractivity contribution in [3.8, 4) is 0 Å². The Hall–Kier alpha value is -0.610. The second-order valence-corrected chi connectivity index (χ2v) is 7.61. The van der Waals surface area contributed by atoms with Crippen LogP contribution in [0.4, 0.5) is 0 Å². The van der Waals surface area contributed by atoms with E-state index in [2.05, 4.69) is 20.5 Å². The van der Waals surface area contributed by atoms with E-state index >= 15 is 0 Å². The molecule has 2 fully saturated rings. The zero-order valence-corrected chi connectivity index (χ0v) is 19.9. The number of aliphatic imine (C=N–C) groups is 1. The topological polar surface area (TPSA) is 75.2 Å². The van der Waals surface area contributed by atoms with Gasteiger partial charge in [0.2, 0.25) is 0 Å². The van der Waals surface area contributed by atoms with Gasteiger partial charge in [-0.1, -0.05) is 0 Å². The Morgan fingerprint density at radius 1 is 1.14 bits per heavy atom. The summed E-state index contributed by atoms with van der Waals surface area (Å²) in [6.45, 7) is 4.92. The highest BCUT2D eigenvalue weighted by Gasteiger charge is 2.20. The van der Waals surface area contributed by atoms with Crippen molar-refractivity contribution in [3.63, 3.8) is 0 Å². The van der Waals surface area contributed by atoms with Crippen LogP contribution in [0.2, 0.25) is 0 Å². The van der Waals surface area contributed by atoms with Gasteiger partial charge in [0.15, 0.2) is 5.96 Å². The third kappa shape index (κ3) is 10.2. The molecule has 1 saturated heterocycles. The van der Waals surface area contributed by atoms with Crippen molar-refractivity contribution in [3.05, 3.63) is 0 Å². The fourth-order valence-corrected chi connectivity index (χ4v) is 3.81. The van der Waals surface area contributed by atoms with Crippen molar-refractivity contribution >= 4 is 35.9 Å². The lowest BCUT2D eigenvalue weighted by atomic mass is 10.1. The van der Waals surface area contributed by atoms with Crippen molar-refractivity contribution < 1.29 is 14.3 Å². The minimum Gasteiger partial charge on any atom is -0.462 e. The number of methoxy groups -OCH3 is 1. The molecule has 2 aliphatic rings. The summed E-state index contributed by atoms with van der Waals surface area (Å²) in [5.74, 6) is 0.768. The second kappa shape index (κ2) is 15.3. The van der Waals surface area contributed by atoms with Gasteiger partial charge in [-0.15, -0.1) is 24.0 Å².